The lowest BCUT2D eigenvalue weighted by atomic mass is 10.2. The highest BCUT2D eigenvalue weighted by Gasteiger charge is 2.25. The molecule has 1 unspecified atom stereocenters. The number of aromatic nitrogens is 2. The molecule has 3 aromatic rings. The number of nitrogens with one attached hydrogen (secondary N) is 1. The monoisotopic (exact) mass is 343 g/mol. The van der Waals surface area contributed by atoms with Gasteiger partial charge in [-0.25, -0.2) is 18.1 Å². The van der Waals surface area contributed by atoms with Crippen LogP contribution >= 0.6 is 0 Å². The number of hydrogen-bond donors (Lipinski definition) is 1. The van der Waals surface area contributed by atoms with Crippen molar-refractivity contribution < 1.29 is 13.2 Å². The number of nitrogens with zero attached hydrogens (tertiary/aromatic N) is 2. The molecule has 0 aliphatic carbocycles. The van der Waals surface area contributed by atoms with Crippen LogP contribution in [0.3, 0.4) is 0 Å². The summed E-state index contributed by atoms with van der Waals surface area (Å²) in [6.07, 6.45) is 0. The number of fused-ring (bicyclic) bond motifs is 3. The number of rotatable bonds is 4. The first-order valence-corrected chi connectivity index (χ1v) is 9.22. The van der Waals surface area contributed by atoms with Crippen LogP contribution in [0.15, 0.2) is 59.5 Å². The van der Waals surface area contributed by atoms with Gasteiger partial charge in [-0.2, -0.15) is 0 Å². The van der Waals surface area contributed by atoms with E-state index in [0.717, 1.165) is 16.9 Å². The Hall–Kier alpha value is -2.22. The number of hydrogen-bond acceptors (Lipinski definition) is 4. The van der Waals surface area contributed by atoms with Gasteiger partial charge in [0.05, 0.1) is 28.6 Å². The molecule has 1 N–H and O–H groups in total. The molecule has 0 amide bonds. The first-order valence-electron chi connectivity index (χ1n) is 7.73. The van der Waals surface area contributed by atoms with Crippen LogP contribution in [0.2, 0.25) is 0 Å². The van der Waals surface area contributed by atoms with Crippen molar-refractivity contribution in [2.24, 2.45) is 0 Å². The van der Waals surface area contributed by atoms with Gasteiger partial charge in [-0.05, 0) is 24.3 Å². The van der Waals surface area contributed by atoms with E-state index in [1.807, 2.05) is 24.3 Å². The molecule has 1 aliphatic heterocycles. The largest absolute Gasteiger partial charge is 0.371 e. The van der Waals surface area contributed by atoms with Gasteiger partial charge in [0, 0.05) is 6.54 Å². The lowest BCUT2D eigenvalue weighted by molar-refractivity contribution is 0.0581. The zero-order chi connectivity index (χ0) is 16.6. The number of para-hydroxylation sites is 2. The van der Waals surface area contributed by atoms with Gasteiger partial charge >= 0.3 is 0 Å². The second kappa shape index (κ2) is 6.01. The summed E-state index contributed by atoms with van der Waals surface area (Å²) in [4.78, 5) is 4.83. The Morgan fingerprint density at radius 3 is 2.71 bits per heavy atom. The van der Waals surface area contributed by atoms with Gasteiger partial charge in [0.25, 0.3) is 0 Å². The Kier molecular flexibility index (Phi) is 3.84. The third-order valence-corrected chi connectivity index (χ3v) is 5.58. The van der Waals surface area contributed by atoms with E-state index >= 15 is 0 Å². The zero-order valence-corrected chi connectivity index (χ0v) is 13.7. The minimum absolute atomic E-state index is 0.125. The lowest BCUT2D eigenvalue weighted by Crippen LogP contribution is -2.35. The summed E-state index contributed by atoms with van der Waals surface area (Å²) in [7, 11) is -3.54. The average molecular weight is 343 g/mol. The van der Waals surface area contributed by atoms with E-state index in [1.165, 1.54) is 0 Å². The fraction of sp³-hybridized carbons (Fsp3) is 0.235. The Bertz CT molecular complexity index is 967. The highest BCUT2D eigenvalue weighted by atomic mass is 32.2. The maximum Gasteiger partial charge on any atom is 0.240 e. The van der Waals surface area contributed by atoms with Crippen molar-refractivity contribution in [1.82, 2.24) is 14.3 Å². The molecule has 4 rings (SSSR count). The van der Waals surface area contributed by atoms with Crippen molar-refractivity contribution in [1.29, 1.82) is 0 Å². The second-order valence-electron chi connectivity index (χ2n) is 5.72. The smallest absolute Gasteiger partial charge is 0.240 e. The van der Waals surface area contributed by atoms with Crippen molar-refractivity contribution in [2.45, 2.75) is 17.5 Å². The molecule has 1 atom stereocenters. The Morgan fingerprint density at radius 2 is 1.88 bits per heavy atom. The molecule has 0 bridgehead atoms. The molecule has 0 saturated carbocycles. The molecule has 24 heavy (non-hydrogen) atoms. The predicted octanol–water partition coefficient (Wildman–Crippen LogP) is 2.09. The highest BCUT2D eigenvalue weighted by molar-refractivity contribution is 7.89. The number of benzene rings is 2. The minimum atomic E-state index is -3.54. The van der Waals surface area contributed by atoms with Gasteiger partial charge in [-0.3, -0.25) is 0 Å². The fourth-order valence-electron chi connectivity index (χ4n) is 3.00. The molecule has 0 spiro atoms. The van der Waals surface area contributed by atoms with Crippen LogP contribution < -0.4 is 4.72 Å². The van der Waals surface area contributed by atoms with Gasteiger partial charge < -0.3 is 9.30 Å². The summed E-state index contributed by atoms with van der Waals surface area (Å²) in [6, 6.07) is 16.1. The fourth-order valence-corrected chi connectivity index (χ4v) is 4.10. The maximum absolute atomic E-state index is 12.4. The molecule has 1 aliphatic rings. The maximum atomic E-state index is 12.4. The number of sulfonamides is 1. The van der Waals surface area contributed by atoms with E-state index < -0.39 is 10.0 Å². The van der Waals surface area contributed by atoms with Gasteiger partial charge in [-0.1, -0.05) is 30.3 Å². The van der Waals surface area contributed by atoms with Gasteiger partial charge in [-0.15, -0.1) is 0 Å². The Morgan fingerprint density at radius 1 is 1.12 bits per heavy atom. The van der Waals surface area contributed by atoms with Crippen LogP contribution in [-0.2, 0) is 21.4 Å². The van der Waals surface area contributed by atoms with Crippen LogP contribution in [0.1, 0.15) is 11.9 Å². The summed E-state index contributed by atoms with van der Waals surface area (Å²) in [5, 5.41) is 0. The van der Waals surface area contributed by atoms with Crippen molar-refractivity contribution in [3.05, 3.63) is 60.4 Å². The standard InChI is InChI=1S/C17H17N3O3S/c21-24(22,14-6-2-1-3-7-14)18-10-13-11-23-12-17-19-15-8-4-5-9-16(15)20(13)17/h1-9,13,18H,10-12H2. The topological polar surface area (TPSA) is 73.2 Å². The first-order chi connectivity index (χ1) is 11.6. The molecule has 0 fully saturated rings. The summed E-state index contributed by atoms with van der Waals surface area (Å²) in [5.74, 6) is 0.825. The molecule has 124 valence electrons. The molecule has 2 heterocycles. The summed E-state index contributed by atoms with van der Waals surface area (Å²) in [6.45, 7) is 1.14. The van der Waals surface area contributed by atoms with E-state index in [9.17, 15) is 8.42 Å². The Balaban J connectivity index is 1.61. The third kappa shape index (κ3) is 2.71. The summed E-state index contributed by atoms with van der Waals surface area (Å²) in [5.41, 5.74) is 1.90. The molecule has 6 nitrogen and oxygen atoms in total. The van der Waals surface area contributed by atoms with E-state index in [4.69, 9.17) is 4.74 Å². The molecular formula is C17H17N3O3S. The van der Waals surface area contributed by atoms with Crippen molar-refractivity contribution in [3.63, 3.8) is 0 Å². The molecule has 2 aromatic carbocycles. The molecule has 0 radical (unpaired) electrons. The average Bonchev–Trinajstić information content (AvgIpc) is 3.00. The van der Waals surface area contributed by atoms with E-state index in [2.05, 4.69) is 14.3 Å². The zero-order valence-electron chi connectivity index (χ0n) is 12.9. The quantitative estimate of drug-likeness (QED) is 0.787. The van der Waals surface area contributed by atoms with E-state index in [0.29, 0.717) is 13.2 Å². The van der Waals surface area contributed by atoms with Crippen LogP contribution in [0.4, 0.5) is 0 Å². The molecule has 7 heteroatoms. The first kappa shape index (κ1) is 15.3. The van der Waals surface area contributed by atoms with Crippen molar-refractivity contribution in [3.8, 4) is 0 Å². The lowest BCUT2D eigenvalue weighted by Gasteiger charge is -2.26. The predicted molar refractivity (Wildman–Crippen MR) is 90.1 cm³/mol. The van der Waals surface area contributed by atoms with Gasteiger partial charge in [0.2, 0.25) is 10.0 Å². The normalized spacial score (nSPS) is 17.8. The van der Waals surface area contributed by atoms with Crippen LogP contribution in [0, 0.1) is 0 Å². The van der Waals surface area contributed by atoms with Crippen LogP contribution in [0.5, 0.6) is 0 Å². The number of ether oxygens (including phenoxy) is 1. The van der Waals surface area contributed by atoms with Gasteiger partial charge in [0.15, 0.2) is 0 Å². The minimum Gasteiger partial charge on any atom is -0.371 e. The molecule has 1 aromatic heterocycles. The SMILES string of the molecule is O=S(=O)(NCC1COCc2nc3ccccc3n21)c1ccccc1. The molecular weight excluding hydrogens is 326 g/mol. The third-order valence-electron chi connectivity index (χ3n) is 4.14. The second-order valence-corrected chi connectivity index (χ2v) is 7.49. The van der Waals surface area contributed by atoms with Crippen molar-refractivity contribution >= 4 is 21.1 Å². The van der Waals surface area contributed by atoms with E-state index in [1.54, 1.807) is 30.3 Å². The Labute approximate surface area is 140 Å². The van der Waals surface area contributed by atoms with Crippen LogP contribution in [-0.4, -0.2) is 31.1 Å². The van der Waals surface area contributed by atoms with Crippen molar-refractivity contribution in [2.75, 3.05) is 13.2 Å². The van der Waals surface area contributed by atoms with Gasteiger partial charge in [0.1, 0.15) is 12.4 Å². The summed E-state index contributed by atoms with van der Waals surface area (Å²) < 4.78 is 35.2. The van der Waals surface area contributed by atoms with E-state index in [-0.39, 0.29) is 17.5 Å². The summed E-state index contributed by atoms with van der Waals surface area (Å²) >= 11 is 0. The number of imidazole rings is 1. The highest BCUT2D eigenvalue weighted by Crippen LogP contribution is 2.25. The molecule has 0 saturated heterocycles. The van der Waals surface area contributed by atoms with Crippen LogP contribution in [0.25, 0.3) is 11.0 Å².